The molecule has 0 fully saturated rings. The van der Waals surface area contributed by atoms with E-state index >= 15 is 0 Å². The summed E-state index contributed by atoms with van der Waals surface area (Å²) in [6.45, 7) is 2.03. The second-order valence-corrected chi connectivity index (χ2v) is 3.39. The molecule has 3 nitrogen and oxygen atoms in total. The van der Waals surface area contributed by atoms with Crippen molar-refractivity contribution in [3.05, 3.63) is 22.7 Å². The molecule has 0 unspecified atom stereocenters. The molecule has 2 aromatic heterocycles. The van der Waals surface area contributed by atoms with Gasteiger partial charge in [-0.15, -0.1) is 11.3 Å². The van der Waals surface area contributed by atoms with Crippen molar-refractivity contribution in [3.8, 4) is 11.4 Å². The van der Waals surface area contributed by atoms with Crippen molar-refractivity contribution in [1.82, 2.24) is 14.8 Å². The largest absolute Gasteiger partial charge is 0.272 e. The molecule has 0 aliphatic rings. The summed E-state index contributed by atoms with van der Waals surface area (Å²) in [5, 5.41) is 6.32. The van der Waals surface area contributed by atoms with E-state index in [0.717, 1.165) is 17.1 Å². The average Bonchev–Trinajstić information content (AvgIpc) is 2.61. The molecular formula is C8H9N3S. The number of thiazole rings is 1. The highest BCUT2D eigenvalue weighted by Gasteiger charge is 2.04. The molecule has 0 N–H and O–H groups in total. The van der Waals surface area contributed by atoms with Gasteiger partial charge in [0.05, 0.1) is 5.51 Å². The molecule has 62 valence electrons. The smallest absolute Gasteiger partial charge is 0.112 e. The Balaban J connectivity index is 2.48. The molecule has 4 heteroatoms. The number of aryl methyl sites for hydroxylation is 2. The summed E-state index contributed by atoms with van der Waals surface area (Å²) in [6, 6.07) is 2.04. The quantitative estimate of drug-likeness (QED) is 0.669. The lowest BCUT2D eigenvalue weighted by atomic mass is 10.3. The first-order valence-electron chi connectivity index (χ1n) is 3.66. The van der Waals surface area contributed by atoms with Gasteiger partial charge in [0, 0.05) is 18.1 Å². The summed E-state index contributed by atoms with van der Waals surface area (Å²) in [7, 11) is 1.94. The summed E-state index contributed by atoms with van der Waals surface area (Å²) in [5.74, 6) is 0. The molecule has 0 atom stereocenters. The van der Waals surface area contributed by atoms with Gasteiger partial charge in [0.15, 0.2) is 0 Å². The Labute approximate surface area is 74.7 Å². The van der Waals surface area contributed by atoms with E-state index in [4.69, 9.17) is 0 Å². The zero-order valence-electron chi connectivity index (χ0n) is 6.98. The molecule has 0 aliphatic heterocycles. The molecule has 2 aromatic rings. The summed E-state index contributed by atoms with van der Waals surface area (Å²) in [4.78, 5) is 4.18. The molecule has 2 heterocycles. The third kappa shape index (κ3) is 1.14. The fraction of sp³-hybridized carbons (Fsp3) is 0.250. The van der Waals surface area contributed by atoms with Gasteiger partial charge in [0.25, 0.3) is 0 Å². The van der Waals surface area contributed by atoms with E-state index in [1.54, 1.807) is 11.3 Å². The highest BCUT2D eigenvalue weighted by atomic mass is 32.1. The van der Waals surface area contributed by atoms with Gasteiger partial charge in [-0.1, -0.05) is 0 Å². The van der Waals surface area contributed by atoms with Crippen molar-refractivity contribution in [2.75, 3.05) is 0 Å². The molecule has 0 aromatic carbocycles. The fourth-order valence-corrected chi connectivity index (χ4v) is 1.57. The predicted molar refractivity (Wildman–Crippen MR) is 49.1 cm³/mol. The van der Waals surface area contributed by atoms with Crippen LogP contribution in [0.15, 0.2) is 17.0 Å². The first kappa shape index (κ1) is 7.49. The van der Waals surface area contributed by atoms with Gasteiger partial charge in [-0.25, -0.2) is 4.98 Å². The highest BCUT2D eigenvalue weighted by Crippen LogP contribution is 2.17. The van der Waals surface area contributed by atoms with E-state index < -0.39 is 0 Å². The number of rotatable bonds is 1. The molecule has 2 rings (SSSR count). The fourth-order valence-electron chi connectivity index (χ4n) is 1.02. The van der Waals surface area contributed by atoms with Gasteiger partial charge in [0.2, 0.25) is 0 Å². The molecule has 0 aliphatic carbocycles. The monoisotopic (exact) mass is 179 g/mol. The van der Waals surface area contributed by atoms with Crippen molar-refractivity contribution in [1.29, 1.82) is 0 Å². The van der Waals surface area contributed by atoms with Crippen LogP contribution in [0.5, 0.6) is 0 Å². The lowest BCUT2D eigenvalue weighted by Crippen LogP contribution is -1.92. The highest BCUT2D eigenvalue weighted by molar-refractivity contribution is 7.07. The van der Waals surface area contributed by atoms with Crippen molar-refractivity contribution >= 4 is 11.3 Å². The summed E-state index contributed by atoms with van der Waals surface area (Å²) < 4.78 is 1.86. The Morgan fingerprint density at radius 2 is 2.25 bits per heavy atom. The molecule has 12 heavy (non-hydrogen) atoms. The number of nitrogens with zero attached hydrogens (tertiary/aromatic N) is 3. The maximum absolute atomic E-state index is 4.31. The summed E-state index contributed by atoms with van der Waals surface area (Å²) in [5.41, 5.74) is 4.89. The van der Waals surface area contributed by atoms with Crippen LogP contribution in [0.4, 0.5) is 0 Å². The van der Waals surface area contributed by atoms with Crippen LogP contribution >= 0.6 is 11.3 Å². The molecule has 0 saturated heterocycles. The lowest BCUT2D eigenvalue weighted by molar-refractivity contribution is 0.742. The topological polar surface area (TPSA) is 30.7 Å². The van der Waals surface area contributed by atoms with Gasteiger partial charge < -0.3 is 0 Å². The normalized spacial score (nSPS) is 10.5. The van der Waals surface area contributed by atoms with Crippen LogP contribution in [0.3, 0.4) is 0 Å². The first-order chi connectivity index (χ1) is 5.77. The van der Waals surface area contributed by atoms with E-state index in [2.05, 4.69) is 10.1 Å². The minimum absolute atomic E-state index is 0.955. The Hall–Kier alpha value is -1.16. The zero-order valence-corrected chi connectivity index (χ0v) is 7.80. The van der Waals surface area contributed by atoms with E-state index in [-0.39, 0.29) is 0 Å². The first-order valence-corrected chi connectivity index (χ1v) is 4.61. The van der Waals surface area contributed by atoms with Gasteiger partial charge in [-0.2, -0.15) is 5.10 Å². The van der Waals surface area contributed by atoms with Crippen LogP contribution in [0.2, 0.25) is 0 Å². The third-order valence-corrected chi connectivity index (χ3v) is 2.40. The van der Waals surface area contributed by atoms with E-state index in [1.165, 1.54) is 0 Å². The second kappa shape index (κ2) is 2.71. The minimum Gasteiger partial charge on any atom is -0.272 e. The van der Waals surface area contributed by atoms with Crippen LogP contribution in [0.25, 0.3) is 11.4 Å². The predicted octanol–water partition coefficient (Wildman–Crippen LogP) is 1.85. The van der Waals surface area contributed by atoms with E-state index in [1.807, 2.05) is 35.6 Å². The number of aromatic nitrogens is 3. The molecule has 0 bridgehead atoms. The van der Waals surface area contributed by atoms with Gasteiger partial charge >= 0.3 is 0 Å². The maximum atomic E-state index is 4.31. The Morgan fingerprint density at radius 3 is 2.75 bits per heavy atom. The Morgan fingerprint density at radius 1 is 1.42 bits per heavy atom. The summed E-state index contributed by atoms with van der Waals surface area (Å²) >= 11 is 1.59. The van der Waals surface area contributed by atoms with Crippen LogP contribution in [-0.4, -0.2) is 14.8 Å². The average molecular weight is 179 g/mol. The Kier molecular flexibility index (Phi) is 1.69. The minimum atomic E-state index is 0.955. The molecule has 0 amide bonds. The van der Waals surface area contributed by atoms with Crippen LogP contribution < -0.4 is 0 Å². The SMILES string of the molecule is Cc1cc(-c2cscn2)nn1C. The standard InChI is InChI=1S/C8H9N3S/c1-6-3-7(10-11(6)2)8-4-12-5-9-8/h3-5H,1-2H3. The molecular weight excluding hydrogens is 170 g/mol. The van der Waals surface area contributed by atoms with Crippen molar-refractivity contribution in [2.24, 2.45) is 7.05 Å². The Bertz CT molecular complexity index is 355. The van der Waals surface area contributed by atoms with Crippen molar-refractivity contribution in [3.63, 3.8) is 0 Å². The number of hydrogen-bond acceptors (Lipinski definition) is 3. The van der Waals surface area contributed by atoms with Crippen molar-refractivity contribution in [2.45, 2.75) is 6.92 Å². The molecule has 0 spiro atoms. The van der Waals surface area contributed by atoms with E-state index in [0.29, 0.717) is 0 Å². The summed E-state index contributed by atoms with van der Waals surface area (Å²) in [6.07, 6.45) is 0. The zero-order chi connectivity index (χ0) is 8.55. The van der Waals surface area contributed by atoms with Crippen LogP contribution in [0.1, 0.15) is 5.69 Å². The van der Waals surface area contributed by atoms with Gasteiger partial charge in [-0.05, 0) is 13.0 Å². The van der Waals surface area contributed by atoms with Gasteiger partial charge in [-0.3, -0.25) is 4.68 Å². The van der Waals surface area contributed by atoms with Gasteiger partial charge in [0.1, 0.15) is 11.4 Å². The third-order valence-electron chi connectivity index (χ3n) is 1.81. The van der Waals surface area contributed by atoms with Crippen LogP contribution in [-0.2, 0) is 7.05 Å². The number of hydrogen-bond donors (Lipinski definition) is 0. The van der Waals surface area contributed by atoms with Crippen molar-refractivity contribution < 1.29 is 0 Å². The van der Waals surface area contributed by atoms with E-state index in [9.17, 15) is 0 Å². The second-order valence-electron chi connectivity index (χ2n) is 2.67. The molecule has 0 radical (unpaired) electrons. The maximum Gasteiger partial charge on any atom is 0.112 e. The molecule has 0 saturated carbocycles. The van der Waals surface area contributed by atoms with Crippen LogP contribution in [0, 0.1) is 6.92 Å². The lowest BCUT2D eigenvalue weighted by Gasteiger charge is -1.88.